The van der Waals surface area contributed by atoms with Gasteiger partial charge < -0.3 is 4.42 Å². The summed E-state index contributed by atoms with van der Waals surface area (Å²) in [4.78, 5) is 11.5. The zero-order chi connectivity index (χ0) is 18.4. The van der Waals surface area contributed by atoms with Crippen molar-refractivity contribution in [1.82, 2.24) is 20.2 Å². The standard InChI is InChI=1S/C19H15FN4OS2/c1-10(16-23-24-17(25-16)11-5-7-12(20)8-6-11)26-18-15-13-3-2-4-14(13)27-19(15)22-9-21-18/h5-10H,2-4H2,1H3/t10-/m1/s1. The van der Waals surface area contributed by atoms with Crippen molar-refractivity contribution in [2.24, 2.45) is 0 Å². The number of benzene rings is 1. The van der Waals surface area contributed by atoms with Crippen LogP contribution in [0, 0.1) is 5.82 Å². The van der Waals surface area contributed by atoms with E-state index in [1.165, 1.54) is 34.4 Å². The Bertz CT molecular complexity index is 1120. The van der Waals surface area contributed by atoms with Crippen LogP contribution in [0.5, 0.6) is 0 Å². The van der Waals surface area contributed by atoms with Crippen LogP contribution in [0.3, 0.4) is 0 Å². The summed E-state index contributed by atoms with van der Waals surface area (Å²) >= 11 is 3.39. The maximum absolute atomic E-state index is 13.1. The molecule has 4 aromatic rings. The highest BCUT2D eigenvalue weighted by Crippen LogP contribution is 2.43. The van der Waals surface area contributed by atoms with E-state index in [0.29, 0.717) is 17.3 Å². The summed E-state index contributed by atoms with van der Waals surface area (Å²) in [5.41, 5.74) is 2.11. The van der Waals surface area contributed by atoms with Crippen LogP contribution in [-0.4, -0.2) is 20.2 Å². The summed E-state index contributed by atoms with van der Waals surface area (Å²) in [5.74, 6) is 0.623. The Morgan fingerprint density at radius 3 is 2.85 bits per heavy atom. The molecule has 1 aromatic carbocycles. The van der Waals surface area contributed by atoms with E-state index in [2.05, 4.69) is 20.2 Å². The van der Waals surface area contributed by atoms with Crippen LogP contribution < -0.4 is 0 Å². The van der Waals surface area contributed by atoms with Crippen molar-refractivity contribution >= 4 is 33.3 Å². The van der Waals surface area contributed by atoms with Gasteiger partial charge in [-0.3, -0.25) is 0 Å². The predicted molar refractivity (Wildman–Crippen MR) is 103 cm³/mol. The molecule has 1 aliphatic rings. The number of halogens is 1. The topological polar surface area (TPSA) is 64.7 Å². The number of aromatic nitrogens is 4. The van der Waals surface area contributed by atoms with Gasteiger partial charge in [-0.1, -0.05) is 11.8 Å². The molecule has 0 radical (unpaired) electrons. The molecular weight excluding hydrogens is 383 g/mol. The number of fused-ring (bicyclic) bond motifs is 3. The van der Waals surface area contributed by atoms with Crippen LogP contribution in [0.2, 0.25) is 0 Å². The molecule has 0 saturated carbocycles. The maximum atomic E-state index is 13.1. The number of aryl methyl sites for hydroxylation is 2. The van der Waals surface area contributed by atoms with Gasteiger partial charge in [0.1, 0.15) is 22.0 Å². The van der Waals surface area contributed by atoms with Gasteiger partial charge in [-0.25, -0.2) is 14.4 Å². The molecule has 0 unspecified atom stereocenters. The van der Waals surface area contributed by atoms with Crippen molar-refractivity contribution in [2.45, 2.75) is 36.5 Å². The van der Waals surface area contributed by atoms with Crippen LogP contribution >= 0.6 is 23.1 Å². The zero-order valence-electron chi connectivity index (χ0n) is 14.5. The lowest BCUT2D eigenvalue weighted by atomic mass is 10.2. The average molecular weight is 398 g/mol. The van der Waals surface area contributed by atoms with Gasteiger partial charge >= 0.3 is 0 Å². The number of nitrogens with zero attached hydrogens (tertiary/aromatic N) is 4. The third-order valence-corrected chi connectivity index (χ3v) is 6.92. The van der Waals surface area contributed by atoms with E-state index in [-0.39, 0.29) is 11.1 Å². The molecule has 8 heteroatoms. The number of hydrogen-bond acceptors (Lipinski definition) is 7. The number of rotatable bonds is 4. The second-order valence-electron chi connectivity index (χ2n) is 6.43. The first-order valence-electron chi connectivity index (χ1n) is 8.70. The smallest absolute Gasteiger partial charge is 0.247 e. The molecule has 0 fully saturated rings. The Morgan fingerprint density at radius 1 is 1.15 bits per heavy atom. The third kappa shape index (κ3) is 3.02. The van der Waals surface area contributed by atoms with Gasteiger partial charge in [0.05, 0.1) is 5.25 Å². The van der Waals surface area contributed by atoms with Gasteiger partial charge in [0, 0.05) is 15.8 Å². The molecule has 0 amide bonds. The van der Waals surface area contributed by atoms with Crippen LogP contribution in [0.25, 0.3) is 21.7 Å². The lowest BCUT2D eigenvalue weighted by Gasteiger charge is -2.07. The molecule has 3 aromatic heterocycles. The minimum Gasteiger partial charge on any atom is -0.419 e. The normalized spacial score (nSPS) is 14.6. The molecule has 1 atom stereocenters. The minimum absolute atomic E-state index is 0.0539. The lowest BCUT2D eigenvalue weighted by Crippen LogP contribution is -1.92. The van der Waals surface area contributed by atoms with Crippen molar-refractivity contribution in [1.29, 1.82) is 0 Å². The summed E-state index contributed by atoms with van der Waals surface area (Å²) in [6, 6.07) is 6.03. The van der Waals surface area contributed by atoms with Crippen LogP contribution in [0.15, 0.2) is 40.0 Å². The molecule has 1 aliphatic carbocycles. The molecule has 0 spiro atoms. The molecule has 0 saturated heterocycles. The Hall–Kier alpha value is -2.32. The highest BCUT2D eigenvalue weighted by Gasteiger charge is 2.24. The van der Waals surface area contributed by atoms with Gasteiger partial charge in [-0.05, 0) is 56.0 Å². The summed E-state index contributed by atoms with van der Waals surface area (Å²) in [6.07, 6.45) is 5.07. The monoisotopic (exact) mass is 398 g/mol. The summed E-state index contributed by atoms with van der Waals surface area (Å²) in [6.45, 7) is 2.02. The predicted octanol–water partition coefficient (Wildman–Crippen LogP) is 5.22. The number of thioether (sulfide) groups is 1. The highest BCUT2D eigenvalue weighted by molar-refractivity contribution is 7.99. The third-order valence-electron chi connectivity index (χ3n) is 4.63. The Kier molecular flexibility index (Phi) is 4.17. The first-order valence-corrected chi connectivity index (χ1v) is 10.4. The van der Waals surface area contributed by atoms with Crippen LogP contribution in [-0.2, 0) is 12.8 Å². The van der Waals surface area contributed by atoms with E-state index in [9.17, 15) is 4.39 Å². The molecule has 3 heterocycles. The fraction of sp³-hybridized carbons (Fsp3) is 0.263. The van der Waals surface area contributed by atoms with E-state index in [4.69, 9.17) is 4.42 Å². The van der Waals surface area contributed by atoms with Crippen molar-refractivity contribution < 1.29 is 8.81 Å². The molecular formula is C19H15FN4OS2. The zero-order valence-corrected chi connectivity index (χ0v) is 16.1. The highest BCUT2D eigenvalue weighted by atomic mass is 32.2. The molecule has 5 rings (SSSR count). The van der Waals surface area contributed by atoms with Gasteiger partial charge in [0.15, 0.2) is 0 Å². The van der Waals surface area contributed by atoms with E-state index < -0.39 is 0 Å². The second kappa shape index (κ2) is 6.69. The Morgan fingerprint density at radius 2 is 2.00 bits per heavy atom. The van der Waals surface area contributed by atoms with E-state index in [1.54, 1.807) is 41.6 Å². The van der Waals surface area contributed by atoms with Gasteiger partial charge in [-0.15, -0.1) is 21.5 Å². The minimum atomic E-state index is -0.293. The fourth-order valence-corrected chi connectivity index (χ4v) is 5.59. The van der Waals surface area contributed by atoms with Crippen LogP contribution in [0.1, 0.15) is 34.9 Å². The van der Waals surface area contributed by atoms with Crippen LogP contribution in [0.4, 0.5) is 4.39 Å². The Labute approximate surface area is 163 Å². The second-order valence-corrected chi connectivity index (χ2v) is 8.84. The quantitative estimate of drug-likeness (QED) is 0.347. The molecule has 136 valence electrons. The molecule has 0 bridgehead atoms. The van der Waals surface area contributed by atoms with E-state index in [1.807, 2.05) is 6.92 Å². The first-order chi connectivity index (χ1) is 13.2. The largest absolute Gasteiger partial charge is 0.419 e. The SMILES string of the molecule is C[C@@H](Sc1ncnc2sc3c(c12)CCC3)c1nnc(-c2ccc(F)cc2)o1. The molecule has 0 aliphatic heterocycles. The molecule has 0 N–H and O–H groups in total. The molecule has 5 nitrogen and oxygen atoms in total. The lowest BCUT2D eigenvalue weighted by molar-refractivity contribution is 0.509. The van der Waals surface area contributed by atoms with Gasteiger partial charge in [0.2, 0.25) is 11.8 Å². The Balaban J connectivity index is 1.44. The average Bonchev–Trinajstić information content (AvgIpc) is 3.38. The summed E-state index contributed by atoms with van der Waals surface area (Å²) < 4.78 is 18.9. The van der Waals surface area contributed by atoms with Gasteiger partial charge in [-0.2, -0.15) is 0 Å². The van der Waals surface area contributed by atoms with Crippen molar-refractivity contribution in [3.8, 4) is 11.5 Å². The van der Waals surface area contributed by atoms with Crippen molar-refractivity contribution in [3.05, 3.63) is 52.7 Å². The summed E-state index contributed by atoms with van der Waals surface area (Å²) in [5, 5.41) is 10.4. The van der Waals surface area contributed by atoms with E-state index >= 15 is 0 Å². The van der Waals surface area contributed by atoms with Gasteiger partial charge in [0.25, 0.3) is 0 Å². The maximum Gasteiger partial charge on any atom is 0.247 e. The van der Waals surface area contributed by atoms with Crippen molar-refractivity contribution in [3.63, 3.8) is 0 Å². The van der Waals surface area contributed by atoms with E-state index in [0.717, 1.165) is 22.7 Å². The summed E-state index contributed by atoms with van der Waals surface area (Å²) in [7, 11) is 0. The van der Waals surface area contributed by atoms with Crippen molar-refractivity contribution in [2.75, 3.05) is 0 Å². The fourth-order valence-electron chi connectivity index (χ4n) is 3.31. The number of hydrogen-bond donors (Lipinski definition) is 0. The first kappa shape index (κ1) is 16.8. The number of thiophene rings is 1. The molecule has 27 heavy (non-hydrogen) atoms.